The molecule has 2 aliphatic rings. The standard InChI is InChI=1S/C19H21NO4/c1-11-16(19(22)24-3)17(12-6-4-7-13(10-12)23-2)18-14(20-11)8-5-9-15(18)21/h4,6-7,10,17,20H,5,8-9H2,1-3H3/t17-/m1/s1. The van der Waals surface area contributed by atoms with E-state index in [1.165, 1.54) is 7.11 Å². The van der Waals surface area contributed by atoms with E-state index in [9.17, 15) is 9.59 Å². The summed E-state index contributed by atoms with van der Waals surface area (Å²) >= 11 is 0. The molecule has 0 saturated heterocycles. The maximum Gasteiger partial charge on any atom is 0.336 e. The number of ketones is 1. The summed E-state index contributed by atoms with van der Waals surface area (Å²) < 4.78 is 10.3. The van der Waals surface area contributed by atoms with Gasteiger partial charge in [0, 0.05) is 29.3 Å². The van der Waals surface area contributed by atoms with Crippen molar-refractivity contribution in [1.82, 2.24) is 5.32 Å². The maximum absolute atomic E-state index is 12.6. The van der Waals surface area contributed by atoms with Gasteiger partial charge in [0.1, 0.15) is 5.75 Å². The zero-order valence-electron chi connectivity index (χ0n) is 14.1. The number of methoxy groups -OCH3 is 2. The van der Waals surface area contributed by atoms with Crippen molar-refractivity contribution in [1.29, 1.82) is 0 Å². The van der Waals surface area contributed by atoms with Crippen LogP contribution in [0.25, 0.3) is 0 Å². The van der Waals surface area contributed by atoms with E-state index in [1.54, 1.807) is 7.11 Å². The quantitative estimate of drug-likeness (QED) is 0.865. The number of benzene rings is 1. The van der Waals surface area contributed by atoms with Crippen LogP contribution in [0.4, 0.5) is 0 Å². The highest BCUT2D eigenvalue weighted by Gasteiger charge is 2.38. The zero-order valence-corrected chi connectivity index (χ0v) is 14.1. The molecule has 126 valence electrons. The molecule has 0 spiro atoms. The van der Waals surface area contributed by atoms with Gasteiger partial charge >= 0.3 is 5.97 Å². The Morgan fingerprint density at radius 3 is 2.75 bits per heavy atom. The van der Waals surface area contributed by atoms with E-state index in [-0.39, 0.29) is 5.78 Å². The molecule has 1 atom stereocenters. The Morgan fingerprint density at radius 2 is 2.04 bits per heavy atom. The number of ether oxygens (including phenoxy) is 2. The minimum absolute atomic E-state index is 0.0884. The monoisotopic (exact) mass is 327 g/mol. The molecular formula is C19H21NO4. The highest BCUT2D eigenvalue weighted by molar-refractivity contribution is 6.03. The van der Waals surface area contributed by atoms with E-state index in [1.807, 2.05) is 31.2 Å². The van der Waals surface area contributed by atoms with Gasteiger partial charge < -0.3 is 14.8 Å². The van der Waals surface area contributed by atoms with E-state index >= 15 is 0 Å². The van der Waals surface area contributed by atoms with Crippen LogP contribution >= 0.6 is 0 Å². The van der Waals surface area contributed by atoms with Crippen LogP contribution in [-0.2, 0) is 14.3 Å². The number of carbonyl (C=O) groups is 2. The van der Waals surface area contributed by atoms with E-state index < -0.39 is 11.9 Å². The Kier molecular flexibility index (Phi) is 4.42. The van der Waals surface area contributed by atoms with Crippen molar-refractivity contribution in [2.75, 3.05) is 14.2 Å². The minimum atomic E-state index is -0.420. The third-order valence-electron chi connectivity index (χ3n) is 4.61. The molecule has 1 aliphatic carbocycles. The molecule has 0 amide bonds. The number of nitrogens with one attached hydrogen (secondary N) is 1. The summed E-state index contributed by atoms with van der Waals surface area (Å²) in [5, 5.41) is 3.25. The molecule has 1 aromatic carbocycles. The molecule has 0 fully saturated rings. The second-order valence-corrected chi connectivity index (χ2v) is 6.03. The fraction of sp³-hybridized carbons (Fsp3) is 0.368. The molecule has 1 aliphatic heterocycles. The first-order valence-corrected chi connectivity index (χ1v) is 8.03. The van der Waals surface area contributed by atoms with E-state index in [0.717, 1.165) is 29.8 Å². The fourth-order valence-corrected chi connectivity index (χ4v) is 3.52. The van der Waals surface area contributed by atoms with Gasteiger partial charge in [-0.3, -0.25) is 4.79 Å². The van der Waals surface area contributed by atoms with Gasteiger partial charge in [-0.1, -0.05) is 12.1 Å². The molecule has 0 saturated carbocycles. The Morgan fingerprint density at radius 1 is 1.25 bits per heavy atom. The number of hydrogen-bond donors (Lipinski definition) is 1. The first kappa shape index (κ1) is 16.3. The summed E-state index contributed by atoms with van der Waals surface area (Å²) in [5.74, 6) is -0.0573. The van der Waals surface area contributed by atoms with Crippen LogP contribution in [0.3, 0.4) is 0 Å². The van der Waals surface area contributed by atoms with E-state index in [4.69, 9.17) is 9.47 Å². The summed E-state index contributed by atoms with van der Waals surface area (Å²) in [5.41, 5.74) is 3.69. The molecule has 0 unspecified atom stereocenters. The predicted molar refractivity (Wildman–Crippen MR) is 89.5 cm³/mol. The summed E-state index contributed by atoms with van der Waals surface area (Å²) in [4.78, 5) is 25.0. The van der Waals surface area contributed by atoms with Crippen LogP contribution in [0.1, 0.15) is 37.7 Å². The largest absolute Gasteiger partial charge is 0.497 e. The molecular weight excluding hydrogens is 306 g/mol. The second kappa shape index (κ2) is 6.51. The highest BCUT2D eigenvalue weighted by atomic mass is 16.5. The molecule has 24 heavy (non-hydrogen) atoms. The molecule has 1 N–H and O–H groups in total. The second-order valence-electron chi connectivity index (χ2n) is 6.03. The summed E-state index contributed by atoms with van der Waals surface area (Å²) in [7, 11) is 2.96. The fourth-order valence-electron chi connectivity index (χ4n) is 3.52. The number of dihydropyridines is 1. The number of allylic oxidation sites excluding steroid dienone is 3. The smallest absolute Gasteiger partial charge is 0.336 e. The molecule has 1 aromatic rings. The lowest BCUT2D eigenvalue weighted by molar-refractivity contribution is -0.136. The van der Waals surface area contributed by atoms with Crippen LogP contribution < -0.4 is 10.1 Å². The van der Waals surface area contributed by atoms with Crippen LogP contribution in [0, 0.1) is 0 Å². The summed E-state index contributed by atoms with van der Waals surface area (Å²) in [6.07, 6.45) is 2.15. The van der Waals surface area contributed by atoms with Crippen LogP contribution in [-0.4, -0.2) is 26.0 Å². The van der Waals surface area contributed by atoms with Crippen molar-refractivity contribution in [2.24, 2.45) is 0 Å². The SMILES string of the molecule is COC(=O)C1=C(C)NC2=C(C(=O)CCC2)[C@@H]1c1cccc(OC)c1. The summed E-state index contributed by atoms with van der Waals surface area (Å²) in [6, 6.07) is 7.50. The lowest BCUT2D eigenvalue weighted by Crippen LogP contribution is -2.34. The van der Waals surface area contributed by atoms with Crippen molar-refractivity contribution < 1.29 is 19.1 Å². The number of esters is 1. The molecule has 3 rings (SSSR count). The average Bonchev–Trinajstić information content (AvgIpc) is 2.60. The van der Waals surface area contributed by atoms with Crippen molar-refractivity contribution in [3.05, 3.63) is 52.4 Å². The number of carbonyl (C=O) groups excluding carboxylic acids is 2. The first-order chi connectivity index (χ1) is 11.6. The third-order valence-corrected chi connectivity index (χ3v) is 4.61. The van der Waals surface area contributed by atoms with E-state index in [2.05, 4.69) is 5.32 Å². The van der Waals surface area contributed by atoms with Gasteiger partial charge in [0.05, 0.1) is 19.8 Å². The molecule has 0 aromatic heterocycles. The van der Waals surface area contributed by atoms with Crippen molar-refractivity contribution in [2.45, 2.75) is 32.1 Å². The first-order valence-electron chi connectivity index (χ1n) is 8.03. The molecule has 0 bridgehead atoms. The van der Waals surface area contributed by atoms with Crippen molar-refractivity contribution in [3.63, 3.8) is 0 Å². The Labute approximate surface area is 141 Å². The van der Waals surface area contributed by atoms with Gasteiger partial charge in [-0.2, -0.15) is 0 Å². The van der Waals surface area contributed by atoms with Gasteiger partial charge in [0.2, 0.25) is 0 Å². The van der Waals surface area contributed by atoms with Crippen molar-refractivity contribution in [3.8, 4) is 5.75 Å². The molecule has 5 nitrogen and oxygen atoms in total. The summed E-state index contributed by atoms with van der Waals surface area (Å²) in [6.45, 7) is 1.85. The van der Waals surface area contributed by atoms with Crippen LogP contribution in [0.5, 0.6) is 5.75 Å². The minimum Gasteiger partial charge on any atom is -0.497 e. The van der Waals surface area contributed by atoms with E-state index in [0.29, 0.717) is 23.3 Å². The van der Waals surface area contributed by atoms with Crippen LogP contribution in [0.2, 0.25) is 0 Å². The number of hydrogen-bond acceptors (Lipinski definition) is 5. The van der Waals surface area contributed by atoms with Gasteiger partial charge in [-0.05, 0) is 37.5 Å². The van der Waals surface area contributed by atoms with Crippen molar-refractivity contribution >= 4 is 11.8 Å². The average molecular weight is 327 g/mol. The van der Waals surface area contributed by atoms with Gasteiger partial charge in [-0.15, -0.1) is 0 Å². The van der Waals surface area contributed by atoms with Gasteiger partial charge in [0.25, 0.3) is 0 Å². The zero-order chi connectivity index (χ0) is 17.3. The van der Waals surface area contributed by atoms with Crippen LogP contribution in [0.15, 0.2) is 46.8 Å². The van der Waals surface area contributed by atoms with Gasteiger partial charge in [-0.25, -0.2) is 4.79 Å². The third kappa shape index (κ3) is 2.70. The number of Topliss-reactive ketones (excluding diaryl/α,β-unsaturated/α-hetero) is 1. The number of rotatable bonds is 3. The highest BCUT2D eigenvalue weighted by Crippen LogP contribution is 2.42. The molecule has 5 heteroatoms. The Hall–Kier alpha value is -2.56. The predicted octanol–water partition coefficient (Wildman–Crippen LogP) is 2.84. The Bertz CT molecular complexity index is 760. The molecule has 0 radical (unpaired) electrons. The normalized spacial score (nSPS) is 20.5. The lowest BCUT2D eigenvalue weighted by atomic mass is 9.75. The Balaban J connectivity index is 2.19. The topological polar surface area (TPSA) is 64.6 Å². The lowest BCUT2D eigenvalue weighted by Gasteiger charge is -2.34. The maximum atomic E-state index is 12.6. The molecule has 1 heterocycles. The van der Waals surface area contributed by atoms with Gasteiger partial charge in [0.15, 0.2) is 5.78 Å².